The first kappa shape index (κ1) is 22.2. The largest absolute Gasteiger partial charge is 0.351 e. The molecule has 2 fully saturated rings. The van der Waals surface area contributed by atoms with Crippen LogP contribution in [-0.2, 0) is 14.8 Å². The average Bonchev–Trinajstić information content (AvgIpc) is 2.67. The van der Waals surface area contributed by atoms with Crippen molar-refractivity contribution in [2.45, 2.75) is 63.4 Å². The molecule has 2 aliphatic heterocycles. The molecule has 1 amide bonds. The molecule has 0 saturated carbocycles. The van der Waals surface area contributed by atoms with Gasteiger partial charge in [0.1, 0.15) is 6.04 Å². The third-order valence-electron chi connectivity index (χ3n) is 5.97. The third kappa shape index (κ3) is 5.58. The molecule has 162 valence electrons. The first-order valence-electron chi connectivity index (χ1n) is 10.9. The molecule has 6 nitrogen and oxygen atoms in total. The van der Waals surface area contributed by atoms with Crippen LogP contribution in [0.2, 0.25) is 0 Å². The highest BCUT2D eigenvalue weighted by Gasteiger charge is 2.38. The predicted octanol–water partition coefficient (Wildman–Crippen LogP) is 2.71. The molecule has 2 aliphatic rings. The molecule has 7 heteroatoms. The number of rotatable bonds is 6. The van der Waals surface area contributed by atoms with E-state index in [1.54, 1.807) is 30.3 Å². The zero-order valence-electron chi connectivity index (χ0n) is 17.9. The van der Waals surface area contributed by atoms with Gasteiger partial charge < -0.3 is 10.2 Å². The van der Waals surface area contributed by atoms with Gasteiger partial charge in [-0.25, -0.2) is 8.42 Å². The number of nitrogens with one attached hydrogen (secondary N) is 1. The van der Waals surface area contributed by atoms with E-state index in [9.17, 15) is 13.2 Å². The van der Waals surface area contributed by atoms with E-state index in [4.69, 9.17) is 0 Å². The Bertz CT molecular complexity index is 774. The normalized spacial score (nSPS) is 28.0. The van der Waals surface area contributed by atoms with Crippen LogP contribution < -0.4 is 5.32 Å². The van der Waals surface area contributed by atoms with Gasteiger partial charge in [0.15, 0.2) is 0 Å². The fourth-order valence-electron chi connectivity index (χ4n) is 4.90. The second-order valence-electron chi connectivity index (χ2n) is 9.01. The first-order valence-corrected chi connectivity index (χ1v) is 12.3. The van der Waals surface area contributed by atoms with Crippen LogP contribution >= 0.6 is 0 Å². The van der Waals surface area contributed by atoms with Crippen molar-refractivity contribution in [2.75, 3.05) is 26.2 Å². The number of hydrogen-bond acceptors (Lipinski definition) is 4. The van der Waals surface area contributed by atoms with Crippen LogP contribution in [0.15, 0.2) is 35.2 Å². The van der Waals surface area contributed by atoms with Crippen LogP contribution in [0.5, 0.6) is 0 Å². The second-order valence-corrected chi connectivity index (χ2v) is 10.9. The van der Waals surface area contributed by atoms with Gasteiger partial charge in [0.2, 0.25) is 15.9 Å². The average molecular weight is 422 g/mol. The summed E-state index contributed by atoms with van der Waals surface area (Å²) in [6.45, 7) is 9.88. The number of likely N-dealkylation sites (tertiary alicyclic amines) is 1. The number of sulfonamides is 1. The number of carbonyl (C=O) groups excluding carboxylic acids is 1. The Morgan fingerprint density at radius 1 is 1.14 bits per heavy atom. The summed E-state index contributed by atoms with van der Waals surface area (Å²) in [7, 11) is -3.67. The number of amides is 1. The minimum atomic E-state index is -3.67. The standard InChI is InChI=1S/C22H35N3O3S/c1-17-13-18(2)15-24(14-17)16-19(3)23-22(26)21-11-7-8-12-25(21)29(27,28)20-9-5-4-6-10-20/h4-6,9-10,17-19,21H,7-8,11-16H2,1-3H3,(H,23,26). The Kier molecular flexibility index (Phi) is 7.35. The summed E-state index contributed by atoms with van der Waals surface area (Å²) in [5.41, 5.74) is 0. The third-order valence-corrected chi connectivity index (χ3v) is 7.89. The molecular formula is C22H35N3O3S. The van der Waals surface area contributed by atoms with Crippen molar-refractivity contribution >= 4 is 15.9 Å². The van der Waals surface area contributed by atoms with E-state index in [1.165, 1.54) is 10.7 Å². The highest BCUT2D eigenvalue weighted by molar-refractivity contribution is 7.89. The van der Waals surface area contributed by atoms with Crippen molar-refractivity contribution in [3.63, 3.8) is 0 Å². The highest BCUT2D eigenvalue weighted by Crippen LogP contribution is 2.26. The van der Waals surface area contributed by atoms with E-state index in [0.717, 1.165) is 32.5 Å². The van der Waals surface area contributed by atoms with E-state index >= 15 is 0 Å². The zero-order chi connectivity index (χ0) is 21.0. The summed E-state index contributed by atoms with van der Waals surface area (Å²) in [5.74, 6) is 1.17. The summed E-state index contributed by atoms with van der Waals surface area (Å²) in [4.78, 5) is 15.7. The smallest absolute Gasteiger partial charge is 0.243 e. The van der Waals surface area contributed by atoms with Crippen molar-refractivity contribution in [3.05, 3.63) is 30.3 Å². The monoisotopic (exact) mass is 421 g/mol. The molecule has 29 heavy (non-hydrogen) atoms. The Morgan fingerprint density at radius 3 is 2.45 bits per heavy atom. The quantitative estimate of drug-likeness (QED) is 0.767. The highest BCUT2D eigenvalue weighted by atomic mass is 32.2. The molecule has 4 atom stereocenters. The Morgan fingerprint density at radius 2 is 1.79 bits per heavy atom. The molecule has 0 radical (unpaired) electrons. The van der Waals surface area contributed by atoms with Crippen LogP contribution in [0.4, 0.5) is 0 Å². The van der Waals surface area contributed by atoms with Gasteiger partial charge in [0, 0.05) is 32.2 Å². The summed E-state index contributed by atoms with van der Waals surface area (Å²) >= 11 is 0. The summed E-state index contributed by atoms with van der Waals surface area (Å²) in [5, 5.41) is 3.09. The zero-order valence-corrected chi connectivity index (χ0v) is 18.7. The van der Waals surface area contributed by atoms with Crippen LogP contribution in [-0.4, -0.2) is 61.8 Å². The van der Waals surface area contributed by atoms with Gasteiger partial charge in [-0.05, 0) is 50.2 Å². The van der Waals surface area contributed by atoms with E-state index in [2.05, 4.69) is 24.1 Å². The summed E-state index contributed by atoms with van der Waals surface area (Å²) < 4.78 is 27.6. The lowest BCUT2D eigenvalue weighted by Gasteiger charge is -2.37. The maximum Gasteiger partial charge on any atom is 0.243 e. The maximum atomic E-state index is 13.1. The van der Waals surface area contributed by atoms with Crippen LogP contribution in [0.1, 0.15) is 46.5 Å². The van der Waals surface area contributed by atoms with E-state index < -0.39 is 16.1 Å². The van der Waals surface area contributed by atoms with Gasteiger partial charge >= 0.3 is 0 Å². The molecule has 0 aliphatic carbocycles. The van der Waals surface area contributed by atoms with Crippen molar-refractivity contribution in [1.82, 2.24) is 14.5 Å². The lowest BCUT2D eigenvalue weighted by molar-refractivity contribution is -0.126. The van der Waals surface area contributed by atoms with Gasteiger partial charge in [-0.15, -0.1) is 0 Å². The SMILES string of the molecule is CC1CC(C)CN(CC(C)NC(=O)C2CCCCN2S(=O)(=O)c2ccccc2)C1. The molecule has 2 saturated heterocycles. The van der Waals surface area contributed by atoms with Crippen molar-refractivity contribution in [1.29, 1.82) is 0 Å². The van der Waals surface area contributed by atoms with E-state index in [-0.39, 0.29) is 16.8 Å². The number of hydrogen-bond donors (Lipinski definition) is 1. The maximum absolute atomic E-state index is 13.1. The van der Waals surface area contributed by atoms with Crippen LogP contribution in [0, 0.1) is 11.8 Å². The fourth-order valence-corrected chi connectivity index (χ4v) is 6.57. The predicted molar refractivity (Wildman–Crippen MR) is 115 cm³/mol. The van der Waals surface area contributed by atoms with Gasteiger partial charge in [-0.3, -0.25) is 4.79 Å². The minimum absolute atomic E-state index is 0.0109. The van der Waals surface area contributed by atoms with Crippen LogP contribution in [0.3, 0.4) is 0 Å². The molecule has 1 aromatic rings. The Balaban J connectivity index is 1.65. The van der Waals surface area contributed by atoms with Crippen molar-refractivity contribution < 1.29 is 13.2 Å². The second kappa shape index (κ2) is 9.58. The van der Waals surface area contributed by atoms with Gasteiger partial charge in [0.05, 0.1) is 4.90 Å². The lowest BCUT2D eigenvalue weighted by atomic mass is 9.91. The molecule has 0 spiro atoms. The van der Waals surface area contributed by atoms with Crippen molar-refractivity contribution in [2.24, 2.45) is 11.8 Å². The lowest BCUT2D eigenvalue weighted by Crippen LogP contribution is -2.55. The van der Waals surface area contributed by atoms with E-state index in [0.29, 0.717) is 24.8 Å². The molecule has 4 unspecified atom stereocenters. The fraction of sp³-hybridized carbons (Fsp3) is 0.682. The van der Waals surface area contributed by atoms with Gasteiger partial charge in [0.25, 0.3) is 0 Å². The topological polar surface area (TPSA) is 69.7 Å². The molecule has 0 bridgehead atoms. The summed E-state index contributed by atoms with van der Waals surface area (Å²) in [6, 6.07) is 7.78. The van der Waals surface area contributed by atoms with Gasteiger partial charge in [-0.1, -0.05) is 38.5 Å². The molecule has 3 rings (SSSR count). The molecular weight excluding hydrogens is 386 g/mol. The summed E-state index contributed by atoms with van der Waals surface area (Å²) in [6.07, 6.45) is 3.48. The van der Waals surface area contributed by atoms with E-state index in [1.807, 2.05) is 6.92 Å². The molecule has 1 aromatic carbocycles. The van der Waals surface area contributed by atoms with Crippen molar-refractivity contribution in [3.8, 4) is 0 Å². The molecule has 1 N–H and O–H groups in total. The number of benzene rings is 1. The number of piperidine rings is 2. The number of nitrogens with zero attached hydrogens (tertiary/aromatic N) is 2. The van der Waals surface area contributed by atoms with Gasteiger partial charge in [-0.2, -0.15) is 4.31 Å². The van der Waals surface area contributed by atoms with Crippen LogP contribution in [0.25, 0.3) is 0 Å². The number of carbonyl (C=O) groups is 1. The molecule has 0 aromatic heterocycles. The first-order chi connectivity index (χ1) is 13.8. The Hall–Kier alpha value is -1.44. The minimum Gasteiger partial charge on any atom is -0.351 e. The molecule has 2 heterocycles. The Labute approximate surface area is 175 Å².